The van der Waals surface area contributed by atoms with Crippen LogP contribution in [0.4, 0.5) is 4.79 Å². The Morgan fingerprint density at radius 3 is 3.00 bits per heavy atom. The second-order valence-corrected chi connectivity index (χ2v) is 8.17. The normalized spacial score (nSPS) is 27.8. The van der Waals surface area contributed by atoms with Crippen LogP contribution in [0, 0.1) is 0 Å². The van der Waals surface area contributed by atoms with Crippen molar-refractivity contribution >= 4 is 17.8 Å². The Balaban J connectivity index is 1.40. The van der Waals surface area contributed by atoms with Gasteiger partial charge in [0.15, 0.2) is 0 Å². The fourth-order valence-corrected chi connectivity index (χ4v) is 4.94. The molecule has 0 radical (unpaired) electrons. The summed E-state index contributed by atoms with van der Waals surface area (Å²) in [4.78, 5) is 12.3. The third-order valence-electron chi connectivity index (χ3n) is 4.98. The van der Waals surface area contributed by atoms with Gasteiger partial charge in [-0.2, -0.15) is 11.8 Å². The summed E-state index contributed by atoms with van der Waals surface area (Å²) in [5, 5.41) is 6.24. The first-order valence-electron chi connectivity index (χ1n) is 8.98. The molecule has 2 heterocycles. The first-order valence-corrected chi connectivity index (χ1v) is 10.1. The summed E-state index contributed by atoms with van der Waals surface area (Å²) < 4.78 is 6.01. The number of thioether (sulfide) groups is 1. The minimum Gasteiger partial charge on any atom is -0.374 e. The quantitative estimate of drug-likeness (QED) is 0.858. The Morgan fingerprint density at radius 2 is 2.25 bits per heavy atom. The first kappa shape index (κ1) is 17.6. The summed E-state index contributed by atoms with van der Waals surface area (Å²) in [5.41, 5.74) is 1.33. The molecular weight excluding hydrogens is 320 g/mol. The van der Waals surface area contributed by atoms with Crippen molar-refractivity contribution in [3.05, 3.63) is 35.9 Å². The maximum atomic E-state index is 12.3. The van der Waals surface area contributed by atoms with Gasteiger partial charge in [-0.1, -0.05) is 30.3 Å². The van der Waals surface area contributed by atoms with Gasteiger partial charge in [0.1, 0.15) is 0 Å². The topological polar surface area (TPSA) is 50.4 Å². The lowest BCUT2D eigenvalue weighted by atomic mass is 9.90. The number of amides is 2. The number of rotatable bonds is 5. The zero-order valence-electron chi connectivity index (χ0n) is 14.4. The molecule has 5 heteroatoms. The number of carbonyl (C=O) groups is 1. The van der Waals surface area contributed by atoms with Crippen LogP contribution in [0.2, 0.25) is 0 Å². The minimum atomic E-state index is -0.0386. The summed E-state index contributed by atoms with van der Waals surface area (Å²) in [6.45, 7) is 2.83. The van der Waals surface area contributed by atoms with Crippen LogP contribution >= 0.6 is 11.8 Å². The lowest BCUT2D eigenvalue weighted by molar-refractivity contribution is -0.0684. The van der Waals surface area contributed by atoms with Gasteiger partial charge in [0.25, 0.3) is 0 Å². The van der Waals surface area contributed by atoms with E-state index in [0.717, 1.165) is 44.5 Å². The van der Waals surface area contributed by atoms with Crippen LogP contribution in [0.1, 0.15) is 38.2 Å². The first-order chi connectivity index (χ1) is 11.7. The van der Waals surface area contributed by atoms with Gasteiger partial charge in [-0.15, -0.1) is 0 Å². The van der Waals surface area contributed by atoms with E-state index in [4.69, 9.17) is 4.74 Å². The maximum absolute atomic E-state index is 12.3. The van der Waals surface area contributed by atoms with E-state index in [1.165, 1.54) is 11.3 Å². The lowest BCUT2D eigenvalue weighted by Gasteiger charge is -2.38. The average Bonchev–Trinajstić information content (AvgIpc) is 3.01. The molecule has 3 atom stereocenters. The second-order valence-electron chi connectivity index (χ2n) is 7.07. The number of benzene rings is 1. The number of ether oxygens (including phenoxy) is 1. The van der Waals surface area contributed by atoms with Crippen molar-refractivity contribution in [2.45, 2.75) is 56.7 Å². The van der Waals surface area contributed by atoms with Gasteiger partial charge >= 0.3 is 6.03 Å². The molecule has 1 aromatic carbocycles. The Labute approximate surface area is 149 Å². The Bertz CT molecular complexity index is 531. The van der Waals surface area contributed by atoms with Crippen molar-refractivity contribution in [1.82, 2.24) is 10.6 Å². The number of hydrogen-bond acceptors (Lipinski definition) is 3. The predicted molar refractivity (Wildman–Crippen MR) is 99.5 cm³/mol. The van der Waals surface area contributed by atoms with Crippen LogP contribution in [-0.4, -0.2) is 41.8 Å². The van der Waals surface area contributed by atoms with Crippen molar-refractivity contribution in [3.63, 3.8) is 0 Å². The molecule has 2 fully saturated rings. The van der Waals surface area contributed by atoms with Gasteiger partial charge in [-0.25, -0.2) is 4.79 Å². The van der Waals surface area contributed by atoms with E-state index in [1.807, 2.05) is 17.8 Å². The minimum absolute atomic E-state index is 0.0137. The molecule has 0 unspecified atom stereocenters. The van der Waals surface area contributed by atoms with E-state index < -0.39 is 0 Å². The fourth-order valence-electron chi connectivity index (χ4n) is 3.57. The Kier molecular flexibility index (Phi) is 6.06. The van der Waals surface area contributed by atoms with Crippen LogP contribution in [0.15, 0.2) is 30.3 Å². The highest BCUT2D eigenvalue weighted by Gasteiger charge is 2.40. The SMILES string of the molecule is C[C@H](CCc1ccccc1)NC(=O)N[C@@H]1CCO[C@]2(CCSC2)C1. The van der Waals surface area contributed by atoms with Gasteiger partial charge in [0.05, 0.1) is 5.60 Å². The highest BCUT2D eigenvalue weighted by Crippen LogP contribution is 2.38. The molecule has 24 heavy (non-hydrogen) atoms. The van der Waals surface area contributed by atoms with E-state index in [1.54, 1.807) is 0 Å². The molecule has 0 aromatic heterocycles. The van der Waals surface area contributed by atoms with Gasteiger partial charge in [-0.05, 0) is 50.3 Å². The summed E-state index contributed by atoms with van der Waals surface area (Å²) in [6, 6.07) is 10.8. The average molecular weight is 349 g/mol. The highest BCUT2D eigenvalue weighted by atomic mass is 32.2. The fraction of sp³-hybridized carbons (Fsp3) is 0.632. The smallest absolute Gasteiger partial charge is 0.315 e. The van der Waals surface area contributed by atoms with Crippen LogP contribution in [0.25, 0.3) is 0 Å². The van der Waals surface area contributed by atoms with Crippen molar-refractivity contribution in [2.24, 2.45) is 0 Å². The third-order valence-corrected chi connectivity index (χ3v) is 6.20. The van der Waals surface area contributed by atoms with Gasteiger partial charge in [0.2, 0.25) is 0 Å². The number of carbonyl (C=O) groups excluding carboxylic acids is 1. The van der Waals surface area contributed by atoms with E-state index in [-0.39, 0.29) is 23.7 Å². The lowest BCUT2D eigenvalue weighted by Crippen LogP contribution is -2.52. The van der Waals surface area contributed by atoms with Crippen LogP contribution < -0.4 is 10.6 Å². The van der Waals surface area contributed by atoms with E-state index >= 15 is 0 Å². The molecule has 2 amide bonds. The molecule has 2 aliphatic heterocycles. The summed E-state index contributed by atoms with van der Waals surface area (Å²) in [6.07, 6.45) is 4.92. The molecule has 2 saturated heterocycles. The summed E-state index contributed by atoms with van der Waals surface area (Å²) in [5.74, 6) is 2.25. The molecule has 3 rings (SSSR count). The van der Waals surface area contributed by atoms with Crippen molar-refractivity contribution in [2.75, 3.05) is 18.1 Å². The molecule has 132 valence electrons. The number of aryl methyl sites for hydroxylation is 1. The van der Waals surface area contributed by atoms with Crippen LogP contribution in [0.5, 0.6) is 0 Å². The standard InChI is InChI=1S/C19H28N2O2S/c1-15(7-8-16-5-3-2-4-6-16)20-18(22)21-17-9-11-23-19(13-17)10-12-24-14-19/h2-6,15,17H,7-14H2,1H3,(H2,20,21,22)/t15-,17-,19-/m1/s1. The number of nitrogens with one attached hydrogen (secondary N) is 2. The van der Waals surface area contributed by atoms with E-state index in [2.05, 4.69) is 41.8 Å². The number of urea groups is 1. The molecule has 0 bridgehead atoms. The molecule has 4 nitrogen and oxygen atoms in total. The molecule has 0 aliphatic carbocycles. The Hall–Kier alpha value is -1.20. The van der Waals surface area contributed by atoms with Crippen molar-refractivity contribution in [3.8, 4) is 0 Å². The largest absolute Gasteiger partial charge is 0.374 e. The molecule has 1 aromatic rings. The van der Waals surface area contributed by atoms with Gasteiger partial charge < -0.3 is 15.4 Å². The second kappa shape index (κ2) is 8.26. The van der Waals surface area contributed by atoms with Crippen LogP contribution in [-0.2, 0) is 11.2 Å². The molecular formula is C19H28N2O2S. The van der Waals surface area contributed by atoms with E-state index in [0.29, 0.717) is 0 Å². The third kappa shape index (κ3) is 4.90. The van der Waals surface area contributed by atoms with Crippen LogP contribution in [0.3, 0.4) is 0 Å². The predicted octanol–water partition coefficient (Wildman–Crippen LogP) is 3.36. The molecule has 2 aliphatic rings. The maximum Gasteiger partial charge on any atom is 0.315 e. The van der Waals surface area contributed by atoms with E-state index in [9.17, 15) is 4.79 Å². The Morgan fingerprint density at radius 1 is 1.42 bits per heavy atom. The zero-order chi connectivity index (χ0) is 16.8. The monoisotopic (exact) mass is 348 g/mol. The van der Waals surface area contributed by atoms with Crippen molar-refractivity contribution < 1.29 is 9.53 Å². The van der Waals surface area contributed by atoms with Gasteiger partial charge in [-0.3, -0.25) is 0 Å². The zero-order valence-corrected chi connectivity index (χ0v) is 15.2. The van der Waals surface area contributed by atoms with Crippen molar-refractivity contribution in [1.29, 1.82) is 0 Å². The molecule has 2 N–H and O–H groups in total. The molecule has 1 spiro atoms. The highest BCUT2D eigenvalue weighted by molar-refractivity contribution is 7.99. The number of hydrogen-bond donors (Lipinski definition) is 2. The van der Waals surface area contributed by atoms with Gasteiger partial charge in [0, 0.05) is 24.4 Å². The summed E-state index contributed by atoms with van der Waals surface area (Å²) in [7, 11) is 0. The summed E-state index contributed by atoms with van der Waals surface area (Å²) >= 11 is 1.96. The molecule has 0 saturated carbocycles.